The molecule has 1 aromatic carbocycles. The summed E-state index contributed by atoms with van der Waals surface area (Å²) in [5.74, 6) is 0. The molecule has 122 valence electrons. The summed E-state index contributed by atoms with van der Waals surface area (Å²) in [5.41, 5.74) is 2.74. The average Bonchev–Trinajstić information content (AvgIpc) is 2.98. The van der Waals surface area contributed by atoms with Crippen LogP contribution in [0.1, 0.15) is 34.0 Å². The smallest absolute Gasteiger partial charge is 0.107 e. The van der Waals surface area contributed by atoms with Crippen LogP contribution in [-0.4, -0.2) is 35.7 Å². The molecule has 1 aliphatic carbocycles. The molecule has 0 amide bonds. The van der Waals surface area contributed by atoms with Gasteiger partial charge in [-0.2, -0.15) is 0 Å². The SMILES string of the molecule is c1ccc(CC2CN(Cc3nc4c(s3)CCCC4)CCO2)cc1. The summed E-state index contributed by atoms with van der Waals surface area (Å²) in [6.07, 6.45) is 6.39. The van der Waals surface area contributed by atoms with Crippen molar-refractivity contribution in [1.29, 1.82) is 0 Å². The Hall–Kier alpha value is -1.23. The number of nitrogens with zero attached hydrogens (tertiary/aromatic N) is 2. The number of aromatic nitrogens is 1. The van der Waals surface area contributed by atoms with E-state index in [2.05, 4.69) is 35.2 Å². The molecule has 0 saturated carbocycles. The maximum absolute atomic E-state index is 5.97. The van der Waals surface area contributed by atoms with Crippen LogP contribution in [0.3, 0.4) is 0 Å². The van der Waals surface area contributed by atoms with Crippen LogP contribution in [0.15, 0.2) is 30.3 Å². The van der Waals surface area contributed by atoms with E-state index in [0.717, 1.165) is 32.7 Å². The summed E-state index contributed by atoms with van der Waals surface area (Å²) in [4.78, 5) is 8.95. The molecule has 0 radical (unpaired) electrons. The maximum atomic E-state index is 5.97. The minimum Gasteiger partial charge on any atom is -0.375 e. The first-order valence-corrected chi connectivity index (χ1v) is 9.54. The lowest BCUT2D eigenvalue weighted by atomic mass is 10.0. The molecule has 2 heterocycles. The third kappa shape index (κ3) is 3.82. The van der Waals surface area contributed by atoms with E-state index in [4.69, 9.17) is 9.72 Å². The van der Waals surface area contributed by atoms with E-state index in [0.29, 0.717) is 6.10 Å². The third-order valence-electron chi connectivity index (χ3n) is 4.78. The molecule has 0 spiro atoms. The van der Waals surface area contributed by atoms with Crippen molar-refractivity contribution in [3.05, 3.63) is 51.5 Å². The number of morpholine rings is 1. The zero-order chi connectivity index (χ0) is 15.5. The Bertz CT molecular complexity index is 617. The van der Waals surface area contributed by atoms with E-state index in [1.54, 1.807) is 4.88 Å². The van der Waals surface area contributed by atoms with Crippen LogP contribution in [0.4, 0.5) is 0 Å². The van der Waals surface area contributed by atoms with Gasteiger partial charge in [0.15, 0.2) is 0 Å². The van der Waals surface area contributed by atoms with Crippen molar-refractivity contribution in [2.75, 3.05) is 19.7 Å². The molecule has 0 N–H and O–H groups in total. The molecule has 0 bridgehead atoms. The Labute approximate surface area is 142 Å². The van der Waals surface area contributed by atoms with Gasteiger partial charge in [-0.25, -0.2) is 4.98 Å². The number of ether oxygens (including phenoxy) is 1. The van der Waals surface area contributed by atoms with Crippen molar-refractivity contribution in [2.45, 2.75) is 44.8 Å². The molecule has 1 aliphatic heterocycles. The van der Waals surface area contributed by atoms with Crippen LogP contribution in [0.25, 0.3) is 0 Å². The zero-order valence-electron chi connectivity index (χ0n) is 13.5. The molecule has 4 rings (SSSR count). The van der Waals surface area contributed by atoms with Gasteiger partial charge in [-0.15, -0.1) is 11.3 Å². The van der Waals surface area contributed by atoms with E-state index < -0.39 is 0 Å². The number of thiazole rings is 1. The number of rotatable bonds is 4. The van der Waals surface area contributed by atoms with Gasteiger partial charge in [-0.1, -0.05) is 30.3 Å². The second-order valence-electron chi connectivity index (χ2n) is 6.60. The van der Waals surface area contributed by atoms with Crippen molar-refractivity contribution in [1.82, 2.24) is 9.88 Å². The highest BCUT2D eigenvalue weighted by Crippen LogP contribution is 2.27. The van der Waals surface area contributed by atoms with Gasteiger partial charge < -0.3 is 4.74 Å². The average molecular weight is 328 g/mol. The molecular weight excluding hydrogens is 304 g/mol. The fourth-order valence-electron chi connectivity index (χ4n) is 3.59. The van der Waals surface area contributed by atoms with Gasteiger partial charge in [-0.3, -0.25) is 4.90 Å². The van der Waals surface area contributed by atoms with Crippen molar-refractivity contribution in [2.24, 2.45) is 0 Å². The van der Waals surface area contributed by atoms with Crippen LogP contribution < -0.4 is 0 Å². The molecule has 2 aliphatic rings. The number of benzene rings is 1. The summed E-state index contributed by atoms with van der Waals surface area (Å²) in [7, 11) is 0. The minimum absolute atomic E-state index is 0.306. The molecule has 1 fully saturated rings. The summed E-state index contributed by atoms with van der Waals surface area (Å²) >= 11 is 1.94. The van der Waals surface area contributed by atoms with Gasteiger partial charge >= 0.3 is 0 Å². The van der Waals surface area contributed by atoms with Gasteiger partial charge in [0.1, 0.15) is 5.01 Å². The van der Waals surface area contributed by atoms with E-state index >= 15 is 0 Å². The first-order chi connectivity index (χ1) is 11.4. The first kappa shape index (κ1) is 15.3. The Morgan fingerprint density at radius 1 is 1.17 bits per heavy atom. The molecule has 1 atom stereocenters. The highest BCUT2D eigenvalue weighted by molar-refractivity contribution is 7.11. The topological polar surface area (TPSA) is 25.4 Å². The zero-order valence-corrected chi connectivity index (χ0v) is 14.4. The van der Waals surface area contributed by atoms with Crippen LogP contribution in [0.2, 0.25) is 0 Å². The quantitative estimate of drug-likeness (QED) is 0.859. The van der Waals surface area contributed by atoms with Gasteiger partial charge in [-0.05, 0) is 37.7 Å². The van der Waals surface area contributed by atoms with Gasteiger partial charge in [0.05, 0.1) is 24.9 Å². The Morgan fingerprint density at radius 2 is 2.04 bits per heavy atom. The van der Waals surface area contributed by atoms with E-state index in [1.165, 1.54) is 41.9 Å². The Kier molecular flexibility index (Phi) is 4.74. The fraction of sp³-hybridized carbons (Fsp3) is 0.526. The summed E-state index contributed by atoms with van der Waals surface area (Å²) < 4.78 is 5.97. The first-order valence-electron chi connectivity index (χ1n) is 8.72. The summed E-state index contributed by atoms with van der Waals surface area (Å²) in [5, 5.41) is 1.30. The molecule has 3 nitrogen and oxygen atoms in total. The highest BCUT2D eigenvalue weighted by Gasteiger charge is 2.23. The number of hydrogen-bond donors (Lipinski definition) is 0. The van der Waals surface area contributed by atoms with Crippen LogP contribution in [0.5, 0.6) is 0 Å². The predicted octanol–water partition coefficient (Wildman–Crippen LogP) is 3.47. The molecule has 1 unspecified atom stereocenters. The van der Waals surface area contributed by atoms with Crippen molar-refractivity contribution < 1.29 is 4.74 Å². The Balaban J connectivity index is 1.36. The van der Waals surface area contributed by atoms with E-state index in [1.807, 2.05) is 11.3 Å². The number of hydrogen-bond acceptors (Lipinski definition) is 4. The van der Waals surface area contributed by atoms with Crippen LogP contribution >= 0.6 is 11.3 Å². The standard InChI is InChI=1S/C19H24N2OS/c1-2-6-15(7-3-1)12-16-13-21(10-11-22-16)14-19-20-17-8-4-5-9-18(17)23-19/h1-3,6-7,16H,4-5,8-14H2. The normalized spacial score (nSPS) is 22.0. The molecular formula is C19H24N2OS. The van der Waals surface area contributed by atoms with Crippen molar-refractivity contribution >= 4 is 11.3 Å². The second-order valence-corrected chi connectivity index (χ2v) is 7.77. The summed E-state index contributed by atoms with van der Waals surface area (Å²) in [6, 6.07) is 10.7. The fourth-order valence-corrected chi connectivity index (χ4v) is 4.79. The van der Waals surface area contributed by atoms with Crippen molar-refractivity contribution in [3.8, 4) is 0 Å². The lowest BCUT2D eigenvalue weighted by Crippen LogP contribution is -2.42. The van der Waals surface area contributed by atoms with Crippen LogP contribution in [0, 0.1) is 0 Å². The Morgan fingerprint density at radius 3 is 2.91 bits per heavy atom. The van der Waals surface area contributed by atoms with E-state index in [9.17, 15) is 0 Å². The monoisotopic (exact) mass is 328 g/mol. The largest absolute Gasteiger partial charge is 0.375 e. The minimum atomic E-state index is 0.306. The highest BCUT2D eigenvalue weighted by atomic mass is 32.1. The van der Waals surface area contributed by atoms with Crippen molar-refractivity contribution in [3.63, 3.8) is 0 Å². The van der Waals surface area contributed by atoms with Gasteiger partial charge in [0, 0.05) is 18.0 Å². The number of fused-ring (bicyclic) bond motifs is 1. The molecule has 2 aromatic rings. The van der Waals surface area contributed by atoms with Crippen LogP contribution in [-0.2, 0) is 30.5 Å². The lowest BCUT2D eigenvalue weighted by Gasteiger charge is -2.32. The maximum Gasteiger partial charge on any atom is 0.107 e. The van der Waals surface area contributed by atoms with Gasteiger partial charge in [0.2, 0.25) is 0 Å². The third-order valence-corrected chi connectivity index (χ3v) is 5.92. The molecule has 4 heteroatoms. The van der Waals surface area contributed by atoms with Gasteiger partial charge in [0.25, 0.3) is 0 Å². The molecule has 23 heavy (non-hydrogen) atoms. The predicted molar refractivity (Wildman–Crippen MR) is 93.9 cm³/mol. The molecule has 1 saturated heterocycles. The lowest BCUT2D eigenvalue weighted by molar-refractivity contribution is -0.0305. The van der Waals surface area contributed by atoms with E-state index in [-0.39, 0.29) is 0 Å². The number of aryl methyl sites for hydroxylation is 2. The second kappa shape index (κ2) is 7.12. The molecule has 1 aromatic heterocycles. The summed E-state index contributed by atoms with van der Waals surface area (Å²) in [6.45, 7) is 3.86.